The number of rotatable bonds is 6. The Morgan fingerprint density at radius 3 is 2.61 bits per heavy atom. The fraction of sp³-hybridized carbons (Fsp3) is 0.375. The van der Waals surface area contributed by atoms with Crippen LogP contribution < -0.4 is 15.6 Å². The molecule has 4 rings (SSSR count). The maximum Gasteiger partial charge on any atom is 0.280 e. The van der Waals surface area contributed by atoms with Gasteiger partial charge in [-0.1, -0.05) is 26.0 Å². The number of hydrogen-bond acceptors (Lipinski definition) is 6. The first kappa shape index (κ1) is 22.4. The number of benzene rings is 1. The molecule has 2 N–H and O–H groups in total. The molecule has 0 unspecified atom stereocenters. The maximum atomic E-state index is 13.2. The van der Waals surface area contributed by atoms with E-state index < -0.39 is 17.5 Å². The number of likely N-dealkylation sites (tertiary alicyclic amines) is 1. The number of carbonyl (C=O) groups is 2. The summed E-state index contributed by atoms with van der Waals surface area (Å²) < 4.78 is 5.95. The Morgan fingerprint density at radius 2 is 1.91 bits per heavy atom. The zero-order chi connectivity index (χ0) is 23.4. The summed E-state index contributed by atoms with van der Waals surface area (Å²) in [6.07, 6.45) is 4.74. The van der Waals surface area contributed by atoms with Gasteiger partial charge in [-0.05, 0) is 30.2 Å². The first-order valence-corrected chi connectivity index (χ1v) is 11.1. The van der Waals surface area contributed by atoms with Crippen LogP contribution in [0.1, 0.15) is 37.2 Å². The van der Waals surface area contributed by atoms with Crippen LogP contribution >= 0.6 is 0 Å². The molecule has 0 radical (unpaired) electrons. The van der Waals surface area contributed by atoms with E-state index in [0.29, 0.717) is 42.7 Å². The smallest absolute Gasteiger partial charge is 0.280 e. The number of H-pyrrole nitrogens is 1. The molecule has 1 aliphatic rings. The second-order valence-corrected chi connectivity index (χ2v) is 8.46. The lowest BCUT2D eigenvalue weighted by Gasteiger charge is -2.35. The van der Waals surface area contributed by atoms with Crippen molar-refractivity contribution >= 4 is 22.8 Å². The van der Waals surface area contributed by atoms with Crippen LogP contribution in [-0.4, -0.2) is 56.9 Å². The molecule has 1 saturated heterocycles. The molecule has 3 aromatic rings. The lowest BCUT2D eigenvalue weighted by atomic mass is 10.00. The largest absolute Gasteiger partial charge is 0.489 e. The van der Waals surface area contributed by atoms with Gasteiger partial charge in [0.05, 0.1) is 17.2 Å². The van der Waals surface area contributed by atoms with Crippen molar-refractivity contribution in [2.75, 3.05) is 13.1 Å². The molecule has 0 aliphatic carbocycles. The number of nitrogens with one attached hydrogen (secondary N) is 2. The number of ether oxygens (including phenoxy) is 1. The third kappa shape index (κ3) is 5.19. The highest BCUT2D eigenvalue weighted by atomic mass is 16.5. The summed E-state index contributed by atoms with van der Waals surface area (Å²) in [4.78, 5) is 51.2. The quantitative estimate of drug-likeness (QED) is 0.595. The van der Waals surface area contributed by atoms with E-state index in [1.165, 1.54) is 0 Å². The summed E-state index contributed by atoms with van der Waals surface area (Å²) in [7, 11) is 0. The van der Waals surface area contributed by atoms with E-state index in [4.69, 9.17) is 4.74 Å². The Bertz CT molecular complexity index is 1190. The van der Waals surface area contributed by atoms with Gasteiger partial charge in [0.15, 0.2) is 5.69 Å². The van der Waals surface area contributed by atoms with Crippen LogP contribution in [0.4, 0.5) is 0 Å². The molecule has 172 valence electrons. The summed E-state index contributed by atoms with van der Waals surface area (Å²) in [5.41, 5.74) is 0.211. The number of pyridine rings is 1. The summed E-state index contributed by atoms with van der Waals surface area (Å²) in [6.45, 7) is 4.77. The predicted octanol–water partition coefficient (Wildman–Crippen LogP) is 2.14. The van der Waals surface area contributed by atoms with Crippen molar-refractivity contribution in [2.24, 2.45) is 5.92 Å². The van der Waals surface area contributed by atoms with Crippen molar-refractivity contribution in [3.8, 4) is 5.75 Å². The molecule has 3 heterocycles. The van der Waals surface area contributed by atoms with Crippen molar-refractivity contribution in [3.05, 3.63) is 64.8 Å². The molecular formula is C24H27N5O4. The standard InChI is InChI=1S/C24H27N5O4/c1-15(2)20(28-23(31)21-22(30)27-19-8-4-3-7-18(19)26-21)24(32)29-12-9-16(10-13-29)33-17-6-5-11-25-14-17/h3-8,11,14-16,20H,9-10,12-13H2,1-2H3,(H,27,30)(H,28,31)/t20-/m0/s1. The number of aromatic nitrogens is 3. The molecule has 2 aromatic heterocycles. The van der Waals surface area contributed by atoms with E-state index in [-0.39, 0.29) is 23.6 Å². The summed E-state index contributed by atoms with van der Waals surface area (Å²) >= 11 is 0. The topological polar surface area (TPSA) is 117 Å². The van der Waals surface area contributed by atoms with Crippen molar-refractivity contribution in [1.29, 1.82) is 0 Å². The van der Waals surface area contributed by atoms with Gasteiger partial charge in [-0.2, -0.15) is 0 Å². The van der Waals surface area contributed by atoms with E-state index in [0.717, 1.165) is 0 Å². The summed E-state index contributed by atoms with van der Waals surface area (Å²) in [5.74, 6) is -0.285. The van der Waals surface area contributed by atoms with E-state index in [9.17, 15) is 14.4 Å². The molecule has 9 heteroatoms. The van der Waals surface area contributed by atoms with Crippen LogP contribution in [0.3, 0.4) is 0 Å². The molecule has 1 atom stereocenters. The molecule has 1 fully saturated rings. The van der Waals surface area contributed by atoms with Gasteiger partial charge in [0.25, 0.3) is 11.5 Å². The lowest BCUT2D eigenvalue weighted by Crippen LogP contribution is -2.54. The number of hydrogen-bond donors (Lipinski definition) is 2. The maximum absolute atomic E-state index is 13.2. The normalized spacial score (nSPS) is 15.4. The number of aromatic amines is 1. The molecule has 1 aromatic carbocycles. The Hall–Kier alpha value is -3.75. The average molecular weight is 450 g/mol. The molecular weight excluding hydrogens is 422 g/mol. The summed E-state index contributed by atoms with van der Waals surface area (Å²) in [6, 6.07) is 9.89. The van der Waals surface area contributed by atoms with Crippen molar-refractivity contribution < 1.29 is 14.3 Å². The number of para-hydroxylation sites is 2. The van der Waals surface area contributed by atoms with Crippen LogP contribution in [0.15, 0.2) is 53.6 Å². The van der Waals surface area contributed by atoms with Gasteiger partial charge in [-0.15, -0.1) is 0 Å². The Balaban J connectivity index is 1.41. The molecule has 1 aliphatic heterocycles. The lowest BCUT2D eigenvalue weighted by molar-refractivity contribution is -0.136. The van der Waals surface area contributed by atoms with Gasteiger partial charge in [0.2, 0.25) is 5.91 Å². The monoisotopic (exact) mass is 449 g/mol. The Labute approximate surface area is 191 Å². The molecule has 9 nitrogen and oxygen atoms in total. The fourth-order valence-electron chi connectivity index (χ4n) is 3.91. The van der Waals surface area contributed by atoms with Gasteiger partial charge in [-0.3, -0.25) is 19.4 Å². The highest BCUT2D eigenvalue weighted by Crippen LogP contribution is 2.19. The fourth-order valence-corrected chi connectivity index (χ4v) is 3.91. The Morgan fingerprint density at radius 1 is 1.15 bits per heavy atom. The summed E-state index contributed by atoms with van der Waals surface area (Å²) in [5, 5.41) is 2.73. The van der Waals surface area contributed by atoms with Crippen molar-refractivity contribution in [3.63, 3.8) is 0 Å². The van der Waals surface area contributed by atoms with Crippen LogP contribution in [0, 0.1) is 5.92 Å². The zero-order valence-electron chi connectivity index (χ0n) is 18.7. The van der Waals surface area contributed by atoms with E-state index in [1.54, 1.807) is 41.6 Å². The second-order valence-electron chi connectivity index (χ2n) is 8.46. The SMILES string of the molecule is CC(C)[C@H](NC(=O)c1nc2ccccc2[nH]c1=O)C(=O)N1CCC(Oc2cccnc2)CC1. The first-order valence-electron chi connectivity index (χ1n) is 11.1. The van der Waals surface area contributed by atoms with E-state index >= 15 is 0 Å². The number of piperidine rings is 1. The third-order valence-corrected chi connectivity index (χ3v) is 5.72. The molecule has 0 bridgehead atoms. The van der Waals surface area contributed by atoms with Gasteiger partial charge in [0, 0.05) is 32.1 Å². The minimum absolute atomic E-state index is 0.00528. The minimum atomic E-state index is -0.763. The van der Waals surface area contributed by atoms with E-state index in [2.05, 4.69) is 20.3 Å². The zero-order valence-corrected chi connectivity index (χ0v) is 18.7. The molecule has 0 saturated carbocycles. The molecule has 0 spiro atoms. The number of amides is 2. The Kier molecular flexibility index (Phi) is 6.67. The van der Waals surface area contributed by atoms with Gasteiger partial charge in [0.1, 0.15) is 17.9 Å². The molecule has 2 amide bonds. The minimum Gasteiger partial charge on any atom is -0.489 e. The molecule has 33 heavy (non-hydrogen) atoms. The average Bonchev–Trinajstić information content (AvgIpc) is 2.82. The third-order valence-electron chi connectivity index (χ3n) is 5.72. The van der Waals surface area contributed by atoms with Crippen LogP contribution in [-0.2, 0) is 4.79 Å². The van der Waals surface area contributed by atoms with Gasteiger partial charge < -0.3 is 19.9 Å². The number of nitrogens with zero attached hydrogens (tertiary/aromatic N) is 3. The highest BCUT2D eigenvalue weighted by molar-refractivity contribution is 5.97. The van der Waals surface area contributed by atoms with Crippen LogP contribution in [0.5, 0.6) is 5.75 Å². The van der Waals surface area contributed by atoms with Gasteiger partial charge >= 0.3 is 0 Å². The van der Waals surface area contributed by atoms with Crippen molar-refractivity contribution in [2.45, 2.75) is 38.8 Å². The van der Waals surface area contributed by atoms with E-state index in [1.807, 2.05) is 26.0 Å². The number of carbonyl (C=O) groups excluding carboxylic acids is 2. The second kappa shape index (κ2) is 9.81. The first-order chi connectivity index (χ1) is 15.9. The predicted molar refractivity (Wildman–Crippen MR) is 123 cm³/mol. The van der Waals surface area contributed by atoms with Crippen molar-refractivity contribution in [1.82, 2.24) is 25.2 Å². The number of fused-ring (bicyclic) bond motifs is 1. The van der Waals surface area contributed by atoms with Crippen LogP contribution in [0.25, 0.3) is 11.0 Å². The van der Waals surface area contributed by atoms with Gasteiger partial charge in [-0.25, -0.2) is 4.98 Å². The van der Waals surface area contributed by atoms with Crippen LogP contribution in [0.2, 0.25) is 0 Å². The highest BCUT2D eigenvalue weighted by Gasteiger charge is 2.32.